The third kappa shape index (κ3) is 8.52. The lowest BCUT2D eigenvalue weighted by molar-refractivity contribution is 0.0372. The van der Waals surface area contributed by atoms with Crippen LogP contribution >= 0.6 is 24.0 Å². The number of nitrogens with one attached hydrogen (secondary N) is 2. The summed E-state index contributed by atoms with van der Waals surface area (Å²) in [5.74, 6) is 2.20. The van der Waals surface area contributed by atoms with Gasteiger partial charge in [0.15, 0.2) is 17.5 Å². The van der Waals surface area contributed by atoms with Crippen molar-refractivity contribution in [3.8, 4) is 11.5 Å². The number of guanidine groups is 1. The van der Waals surface area contributed by atoms with E-state index in [4.69, 9.17) is 14.2 Å². The van der Waals surface area contributed by atoms with Crippen molar-refractivity contribution in [2.45, 2.75) is 19.8 Å². The molecule has 0 atom stereocenters. The van der Waals surface area contributed by atoms with E-state index in [1.165, 1.54) is 6.42 Å². The van der Waals surface area contributed by atoms with Crippen molar-refractivity contribution in [2.24, 2.45) is 4.99 Å². The number of benzene rings is 1. The van der Waals surface area contributed by atoms with E-state index in [1.54, 1.807) is 14.2 Å². The molecule has 0 aromatic heterocycles. The van der Waals surface area contributed by atoms with E-state index >= 15 is 0 Å². The molecular formula is C19H33IN4O3. The van der Waals surface area contributed by atoms with E-state index in [-0.39, 0.29) is 24.0 Å². The van der Waals surface area contributed by atoms with Crippen LogP contribution in [0.15, 0.2) is 23.2 Å². The third-order valence-corrected chi connectivity index (χ3v) is 4.25. The molecule has 0 unspecified atom stereocenters. The Labute approximate surface area is 179 Å². The van der Waals surface area contributed by atoms with Crippen LogP contribution in [0, 0.1) is 0 Å². The number of unbranched alkanes of at least 4 members (excludes halogenated alkanes) is 1. The molecule has 0 spiro atoms. The molecule has 1 heterocycles. The second kappa shape index (κ2) is 13.8. The number of halogens is 1. The van der Waals surface area contributed by atoms with Gasteiger partial charge in [0.2, 0.25) is 0 Å². The average Bonchev–Trinajstić information content (AvgIpc) is 2.68. The lowest BCUT2D eigenvalue weighted by atomic mass is 10.2. The minimum Gasteiger partial charge on any atom is -0.493 e. The molecule has 27 heavy (non-hydrogen) atoms. The molecule has 2 rings (SSSR count). The van der Waals surface area contributed by atoms with Gasteiger partial charge in [-0.15, -0.1) is 24.0 Å². The van der Waals surface area contributed by atoms with Gasteiger partial charge >= 0.3 is 0 Å². The highest BCUT2D eigenvalue weighted by Crippen LogP contribution is 2.30. The van der Waals surface area contributed by atoms with Crippen LogP contribution in [0.3, 0.4) is 0 Å². The summed E-state index contributed by atoms with van der Waals surface area (Å²) in [5, 5.41) is 6.65. The van der Waals surface area contributed by atoms with Gasteiger partial charge in [-0.3, -0.25) is 9.89 Å². The predicted octanol–water partition coefficient (Wildman–Crippen LogP) is 2.81. The molecule has 7 nitrogen and oxygen atoms in total. The maximum Gasteiger partial charge on any atom is 0.195 e. The lowest BCUT2D eigenvalue weighted by Crippen LogP contribution is -2.37. The van der Waals surface area contributed by atoms with Crippen LogP contribution in [-0.2, 0) is 4.74 Å². The van der Waals surface area contributed by atoms with E-state index < -0.39 is 0 Å². The Morgan fingerprint density at radius 3 is 2.67 bits per heavy atom. The van der Waals surface area contributed by atoms with Crippen molar-refractivity contribution in [1.29, 1.82) is 0 Å². The predicted molar refractivity (Wildman–Crippen MR) is 121 cm³/mol. The van der Waals surface area contributed by atoms with Crippen molar-refractivity contribution in [3.63, 3.8) is 0 Å². The second-order valence-corrected chi connectivity index (χ2v) is 6.08. The first-order chi connectivity index (χ1) is 12.8. The first-order valence-electron chi connectivity index (χ1n) is 9.35. The van der Waals surface area contributed by atoms with Gasteiger partial charge in [0.05, 0.1) is 26.9 Å². The topological polar surface area (TPSA) is 67.4 Å². The smallest absolute Gasteiger partial charge is 0.195 e. The number of rotatable bonds is 9. The summed E-state index contributed by atoms with van der Waals surface area (Å²) in [4.78, 5) is 6.74. The molecule has 1 aromatic carbocycles. The Kier molecular flexibility index (Phi) is 12.2. The lowest BCUT2D eigenvalue weighted by Gasteiger charge is -2.26. The fraction of sp³-hybridized carbons (Fsp3) is 0.632. The molecule has 154 valence electrons. The zero-order valence-electron chi connectivity index (χ0n) is 16.6. The van der Waals surface area contributed by atoms with Crippen LogP contribution in [0.2, 0.25) is 0 Å². The normalized spacial score (nSPS) is 15.0. The summed E-state index contributed by atoms with van der Waals surface area (Å²) >= 11 is 0. The zero-order valence-corrected chi connectivity index (χ0v) is 19.0. The second-order valence-electron chi connectivity index (χ2n) is 6.08. The maximum atomic E-state index is 5.55. The number of anilines is 1. The van der Waals surface area contributed by atoms with Crippen LogP contribution in [0.25, 0.3) is 0 Å². The van der Waals surface area contributed by atoms with Gasteiger partial charge < -0.3 is 24.8 Å². The van der Waals surface area contributed by atoms with Gasteiger partial charge in [0.25, 0.3) is 0 Å². The molecule has 8 heteroatoms. The highest BCUT2D eigenvalue weighted by Gasteiger charge is 2.09. The van der Waals surface area contributed by atoms with Crippen LogP contribution < -0.4 is 20.1 Å². The van der Waals surface area contributed by atoms with E-state index in [1.807, 2.05) is 25.1 Å². The molecular weight excluding hydrogens is 459 g/mol. The van der Waals surface area contributed by atoms with Crippen molar-refractivity contribution >= 4 is 35.6 Å². The molecule has 0 bridgehead atoms. The number of aliphatic imine (C=N–C) groups is 1. The number of ether oxygens (including phenoxy) is 3. The molecule has 1 aromatic rings. The molecule has 0 aliphatic carbocycles. The zero-order chi connectivity index (χ0) is 18.6. The summed E-state index contributed by atoms with van der Waals surface area (Å²) < 4.78 is 16.3. The summed E-state index contributed by atoms with van der Waals surface area (Å²) in [5.41, 5.74) is 0.909. The van der Waals surface area contributed by atoms with E-state index in [9.17, 15) is 0 Å². The quantitative estimate of drug-likeness (QED) is 0.239. The van der Waals surface area contributed by atoms with Crippen LogP contribution in [-0.4, -0.2) is 71.0 Å². The Balaban J connectivity index is 0.00000364. The minimum absolute atomic E-state index is 0. The van der Waals surface area contributed by atoms with Gasteiger partial charge in [0, 0.05) is 38.4 Å². The molecule has 1 aliphatic heterocycles. The average molecular weight is 492 g/mol. The molecule has 0 amide bonds. The maximum absolute atomic E-state index is 5.55. The molecule has 0 radical (unpaired) electrons. The standard InChI is InChI=1S/C19H32N4O3.HI/c1-4-26-17-8-7-16(15-18(17)24-3)22-19(20-2)21-9-5-6-10-23-11-13-25-14-12-23;/h7-8,15H,4-6,9-14H2,1-3H3,(H2,20,21,22);1H. The van der Waals surface area contributed by atoms with Gasteiger partial charge in [-0.1, -0.05) is 0 Å². The van der Waals surface area contributed by atoms with Gasteiger partial charge in [0.1, 0.15) is 0 Å². The first-order valence-corrected chi connectivity index (χ1v) is 9.35. The molecule has 1 saturated heterocycles. The highest BCUT2D eigenvalue weighted by atomic mass is 127. The van der Waals surface area contributed by atoms with E-state index in [0.717, 1.165) is 63.2 Å². The summed E-state index contributed by atoms with van der Waals surface area (Å²) in [7, 11) is 3.41. The molecule has 0 saturated carbocycles. The van der Waals surface area contributed by atoms with Crippen LogP contribution in [0.5, 0.6) is 11.5 Å². The third-order valence-electron chi connectivity index (χ3n) is 4.25. The van der Waals surface area contributed by atoms with E-state index in [2.05, 4.69) is 20.5 Å². The molecule has 1 aliphatic rings. The largest absolute Gasteiger partial charge is 0.493 e. The Morgan fingerprint density at radius 1 is 1.22 bits per heavy atom. The van der Waals surface area contributed by atoms with Gasteiger partial charge in [-0.2, -0.15) is 0 Å². The SMILES string of the molecule is CCOc1ccc(NC(=NC)NCCCCN2CCOCC2)cc1OC.I. The number of nitrogens with zero attached hydrogens (tertiary/aromatic N) is 2. The highest BCUT2D eigenvalue weighted by molar-refractivity contribution is 14.0. The van der Waals surface area contributed by atoms with Crippen LogP contribution in [0.4, 0.5) is 5.69 Å². The van der Waals surface area contributed by atoms with Crippen molar-refractivity contribution in [2.75, 3.05) is 65.5 Å². The summed E-state index contributed by atoms with van der Waals surface area (Å²) in [6, 6.07) is 5.77. The number of hydrogen-bond acceptors (Lipinski definition) is 5. The molecule has 2 N–H and O–H groups in total. The molecule has 1 fully saturated rings. The first kappa shape index (κ1) is 23.8. The Morgan fingerprint density at radius 2 is 2.00 bits per heavy atom. The summed E-state index contributed by atoms with van der Waals surface area (Å²) in [6.45, 7) is 8.41. The fourth-order valence-corrected chi connectivity index (χ4v) is 2.83. The van der Waals surface area contributed by atoms with Crippen molar-refractivity contribution in [1.82, 2.24) is 10.2 Å². The van der Waals surface area contributed by atoms with Crippen molar-refractivity contribution in [3.05, 3.63) is 18.2 Å². The monoisotopic (exact) mass is 492 g/mol. The van der Waals surface area contributed by atoms with Crippen molar-refractivity contribution < 1.29 is 14.2 Å². The minimum atomic E-state index is 0. The number of morpholine rings is 1. The fourth-order valence-electron chi connectivity index (χ4n) is 2.83. The van der Waals surface area contributed by atoms with Gasteiger partial charge in [-0.05, 0) is 38.4 Å². The number of hydrogen-bond donors (Lipinski definition) is 2. The van der Waals surface area contributed by atoms with Crippen LogP contribution in [0.1, 0.15) is 19.8 Å². The Hall–Kier alpha value is -1.26. The van der Waals surface area contributed by atoms with E-state index in [0.29, 0.717) is 12.4 Å². The van der Waals surface area contributed by atoms with Gasteiger partial charge in [-0.25, -0.2) is 0 Å². The summed E-state index contributed by atoms with van der Waals surface area (Å²) in [6.07, 6.45) is 2.27. The Bertz CT molecular complexity index is 566. The number of methoxy groups -OCH3 is 1.